The molecule has 0 fully saturated rings. The van der Waals surface area contributed by atoms with Crippen molar-refractivity contribution in [3.8, 4) is 0 Å². The molecule has 0 atom stereocenters. The first kappa shape index (κ1) is 10.2. The minimum Gasteiger partial charge on any atom is -0.361 e. The largest absolute Gasteiger partial charge is 0.361 e. The number of rotatable bonds is 3. The molecule has 0 spiro atoms. The summed E-state index contributed by atoms with van der Waals surface area (Å²) in [7, 11) is 3.77. The number of hydrogen-bond acceptors (Lipinski definition) is 3. The molecule has 1 aliphatic rings. The lowest BCUT2D eigenvalue weighted by molar-refractivity contribution is 0.737. The Morgan fingerprint density at radius 1 is 1.36 bits per heavy atom. The summed E-state index contributed by atoms with van der Waals surface area (Å²) < 4.78 is 0. The number of hydrogen-bond donors (Lipinski definition) is 0. The molecule has 2 rings (SSSR count). The Morgan fingerprint density at radius 2 is 2.21 bits per heavy atom. The molecule has 0 aliphatic carbocycles. The molecule has 14 heavy (non-hydrogen) atoms. The first-order chi connectivity index (χ1) is 6.92. The highest BCUT2D eigenvalue weighted by Gasteiger charge is 2.15. The molecule has 0 amide bonds. The monoisotopic (exact) mass is 225 g/mol. The van der Waals surface area contributed by atoms with E-state index in [1.807, 2.05) is 21.6 Å². The molecule has 0 aromatic heterocycles. The van der Waals surface area contributed by atoms with Gasteiger partial charge in [-0.3, -0.25) is 0 Å². The lowest BCUT2D eigenvalue weighted by Gasteiger charge is -2.30. The quantitative estimate of drug-likeness (QED) is 0.726. The van der Waals surface area contributed by atoms with Crippen LogP contribution in [0.2, 0.25) is 0 Å². The number of fused-ring (bicyclic) bond motifs is 1. The minimum absolute atomic E-state index is 1.11. The van der Waals surface area contributed by atoms with E-state index in [1.165, 1.54) is 30.6 Å². The lowest BCUT2D eigenvalue weighted by Crippen LogP contribution is -2.28. The van der Waals surface area contributed by atoms with E-state index in [1.54, 1.807) is 0 Å². The molecule has 1 heterocycles. The Labute approximate surface area is 93.7 Å². The average Bonchev–Trinajstić information content (AvgIpc) is 2.26. The van der Waals surface area contributed by atoms with Gasteiger partial charge in [0.25, 0.3) is 0 Å². The maximum atomic E-state index is 2.49. The van der Waals surface area contributed by atoms with Gasteiger partial charge in [0.1, 0.15) is 0 Å². The van der Waals surface area contributed by atoms with Crippen LogP contribution in [0.5, 0.6) is 0 Å². The van der Waals surface area contributed by atoms with Gasteiger partial charge in [-0.1, -0.05) is 39.8 Å². The molecule has 0 saturated heterocycles. The van der Waals surface area contributed by atoms with Crippen LogP contribution < -0.4 is 4.90 Å². The van der Waals surface area contributed by atoms with Crippen molar-refractivity contribution in [1.82, 2.24) is 0 Å². The van der Waals surface area contributed by atoms with Crippen molar-refractivity contribution in [1.29, 1.82) is 0 Å². The fraction of sp³-hybridized carbons (Fsp3) is 0.455. The number of benzene rings is 1. The van der Waals surface area contributed by atoms with Gasteiger partial charge in [-0.15, -0.1) is 0 Å². The maximum Gasteiger partial charge on any atom is 0.0742 e. The number of anilines is 1. The predicted molar refractivity (Wildman–Crippen MR) is 68.1 cm³/mol. The van der Waals surface area contributed by atoms with Crippen LogP contribution in [0.25, 0.3) is 0 Å². The van der Waals surface area contributed by atoms with Crippen molar-refractivity contribution in [2.24, 2.45) is 0 Å². The molecular weight excluding hydrogens is 210 g/mol. The molecule has 1 aromatic rings. The highest BCUT2D eigenvalue weighted by Crippen LogP contribution is 2.29. The Balaban J connectivity index is 2.14. The third kappa shape index (κ3) is 2.20. The Bertz CT molecular complexity index is 301. The second-order valence-corrected chi connectivity index (χ2v) is 5.94. The van der Waals surface area contributed by atoms with Gasteiger partial charge in [0, 0.05) is 12.2 Å². The van der Waals surface area contributed by atoms with Gasteiger partial charge in [-0.05, 0) is 30.7 Å². The second kappa shape index (κ2) is 4.99. The zero-order valence-corrected chi connectivity index (χ0v) is 10.0. The van der Waals surface area contributed by atoms with Crippen LogP contribution in [0.4, 0.5) is 5.69 Å². The fourth-order valence-corrected chi connectivity index (χ4v) is 3.06. The third-order valence-corrected chi connectivity index (χ3v) is 4.21. The maximum absolute atomic E-state index is 2.49. The van der Waals surface area contributed by atoms with E-state index in [-0.39, 0.29) is 0 Å². The molecular formula is C11H15NS2. The van der Waals surface area contributed by atoms with Gasteiger partial charge in [0.15, 0.2) is 0 Å². The predicted octanol–water partition coefficient (Wildman–Crippen LogP) is 3.41. The normalized spacial score (nSPS) is 15.4. The zero-order valence-electron chi connectivity index (χ0n) is 8.40. The van der Waals surface area contributed by atoms with Crippen LogP contribution >= 0.6 is 21.6 Å². The highest BCUT2D eigenvalue weighted by atomic mass is 33.1. The summed E-state index contributed by atoms with van der Waals surface area (Å²) in [5, 5.41) is 0. The molecule has 0 bridgehead atoms. The molecule has 0 unspecified atom stereocenters. The Kier molecular flexibility index (Phi) is 3.65. The Morgan fingerprint density at radius 3 is 3.07 bits per heavy atom. The van der Waals surface area contributed by atoms with Gasteiger partial charge < -0.3 is 4.90 Å². The molecule has 3 heteroatoms. The number of aryl methyl sites for hydroxylation is 1. The van der Waals surface area contributed by atoms with Crippen molar-refractivity contribution >= 4 is 27.3 Å². The van der Waals surface area contributed by atoms with Crippen LogP contribution in [-0.2, 0) is 6.42 Å². The summed E-state index contributed by atoms with van der Waals surface area (Å²) in [6.07, 6.45) is 4.68. The van der Waals surface area contributed by atoms with Gasteiger partial charge in [0.2, 0.25) is 0 Å². The molecule has 76 valence electrons. The SMILES string of the molecule is CSSCN1CCCc2ccccc21. The lowest BCUT2D eigenvalue weighted by atomic mass is 10.0. The molecule has 0 saturated carbocycles. The Hall–Kier alpha value is -0.280. The summed E-state index contributed by atoms with van der Waals surface area (Å²) >= 11 is 0. The average molecular weight is 225 g/mol. The van der Waals surface area contributed by atoms with Crippen LogP contribution in [0.15, 0.2) is 24.3 Å². The van der Waals surface area contributed by atoms with E-state index in [0.717, 1.165) is 5.88 Å². The summed E-state index contributed by atoms with van der Waals surface area (Å²) in [5.41, 5.74) is 2.96. The van der Waals surface area contributed by atoms with E-state index in [2.05, 4.69) is 35.4 Å². The summed E-state index contributed by atoms with van der Waals surface area (Å²) in [4.78, 5) is 2.49. The van der Waals surface area contributed by atoms with Crippen molar-refractivity contribution in [3.63, 3.8) is 0 Å². The van der Waals surface area contributed by atoms with Crippen molar-refractivity contribution in [2.75, 3.05) is 23.6 Å². The van der Waals surface area contributed by atoms with Gasteiger partial charge in [0.05, 0.1) is 5.88 Å². The number of nitrogens with zero attached hydrogens (tertiary/aromatic N) is 1. The van der Waals surface area contributed by atoms with Gasteiger partial charge >= 0.3 is 0 Å². The smallest absolute Gasteiger partial charge is 0.0742 e. The zero-order chi connectivity index (χ0) is 9.80. The van der Waals surface area contributed by atoms with Crippen LogP contribution in [0.1, 0.15) is 12.0 Å². The van der Waals surface area contributed by atoms with Crippen molar-refractivity contribution in [3.05, 3.63) is 29.8 Å². The standard InChI is InChI=1S/C11H15NS2/c1-13-14-9-12-8-4-6-10-5-2-3-7-11(10)12/h2-3,5,7H,4,6,8-9H2,1H3. The molecule has 1 aliphatic heterocycles. The van der Waals surface area contributed by atoms with Crippen molar-refractivity contribution < 1.29 is 0 Å². The third-order valence-electron chi connectivity index (χ3n) is 2.53. The highest BCUT2D eigenvalue weighted by molar-refractivity contribution is 8.76. The number of para-hydroxylation sites is 1. The molecule has 1 nitrogen and oxygen atoms in total. The molecule has 0 N–H and O–H groups in total. The van der Waals surface area contributed by atoms with E-state index in [0.29, 0.717) is 0 Å². The van der Waals surface area contributed by atoms with Crippen LogP contribution in [0.3, 0.4) is 0 Å². The van der Waals surface area contributed by atoms with Crippen molar-refractivity contribution in [2.45, 2.75) is 12.8 Å². The summed E-state index contributed by atoms with van der Waals surface area (Å²) in [5.74, 6) is 1.11. The first-order valence-electron chi connectivity index (χ1n) is 4.90. The molecule has 0 radical (unpaired) electrons. The van der Waals surface area contributed by atoms with E-state index in [4.69, 9.17) is 0 Å². The van der Waals surface area contributed by atoms with E-state index < -0.39 is 0 Å². The minimum atomic E-state index is 1.11. The molecule has 1 aromatic carbocycles. The summed E-state index contributed by atoms with van der Waals surface area (Å²) in [6.45, 7) is 1.21. The van der Waals surface area contributed by atoms with Crippen LogP contribution in [0, 0.1) is 0 Å². The second-order valence-electron chi connectivity index (χ2n) is 3.41. The summed E-state index contributed by atoms with van der Waals surface area (Å²) in [6, 6.07) is 8.78. The first-order valence-corrected chi connectivity index (χ1v) is 7.63. The van der Waals surface area contributed by atoms with E-state index >= 15 is 0 Å². The van der Waals surface area contributed by atoms with E-state index in [9.17, 15) is 0 Å². The van der Waals surface area contributed by atoms with Gasteiger partial charge in [-0.2, -0.15) is 0 Å². The topological polar surface area (TPSA) is 3.24 Å². The van der Waals surface area contributed by atoms with Crippen LogP contribution in [-0.4, -0.2) is 18.7 Å². The fourth-order valence-electron chi connectivity index (χ4n) is 1.86. The van der Waals surface area contributed by atoms with Gasteiger partial charge in [-0.25, -0.2) is 0 Å².